The molecule has 1 N–H and O–H groups in total. The van der Waals surface area contributed by atoms with Crippen LogP contribution in [-0.2, 0) is 9.53 Å². The Bertz CT molecular complexity index is 230. The lowest BCUT2D eigenvalue weighted by Crippen LogP contribution is -2.49. The highest BCUT2D eigenvalue weighted by Crippen LogP contribution is 2.02. The van der Waals surface area contributed by atoms with Crippen LogP contribution in [0.4, 0.5) is 0 Å². The number of amides is 1. The van der Waals surface area contributed by atoms with E-state index in [1.54, 1.807) is 17.1 Å². The fourth-order valence-electron chi connectivity index (χ4n) is 1.49. The third-order valence-corrected chi connectivity index (χ3v) is 2.21. The molecule has 1 aliphatic heterocycles. The molecule has 0 aromatic rings. The van der Waals surface area contributed by atoms with Gasteiger partial charge in [0.2, 0.25) is 0 Å². The summed E-state index contributed by atoms with van der Waals surface area (Å²) in [4.78, 5) is 13.6. The molecule has 0 radical (unpaired) electrons. The van der Waals surface area contributed by atoms with Crippen LogP contribution in [0.5, 0.6) is 0 Å². The zero-order valence-electron chi connectivity index (χ0n) is 9.35. The van der Waals surface area contributed by atoms with Crippen molar-refractivity contribution in [3.8, 4) is 0 Å². The molecular weight excluding hydrogens is 228 g/mol. The van der Waals surface area contributed by atoms with E-state index >= 15 is 0 Å². The smallest absolute Gasteiger partial charge is 0.253 e. The Labute approximate surface area is 103 Å². The van der Waals surface area contributed by atoms with Crippen LogP contribution in [0.25, 0.3) is 0 Å². The summed E-state index contributed by atoms with van der Waals surface area (Å²) in [7, 11) is 0. The van der Waals surface area contributed by atoms with E-state index in [0.29, 0.717) is 26.2 Å². The molecule has 0 aliphatic carbocycles. The van der Waals surface area contributed by atoms with Crippen LogP contribution < -0.4 is 5.32 Å². The molecule has 0 saturated carbocycles. The fraction of sp³-hybridized carbons (Fsp3) is 0.545. The monoisotopic (exact) mass is 246 g/mol. The normalized spacial score (nSPS) is 19.4. The molecule has 0 bridgehead atoms. The van der Waals surface area contributed by atoms with Crippen molar-refractivity contribution in [2.24, 2.45) is 0 Å². The highest BCUT2D eigenvalue weighted by molar-refractivity contribution is 5.85. The number of carbonyl (C=O) groups excluding carboxylic acids is 1. The van der Waals surface area contributed by atoms with Gasteiger partial charge in [-0.25, -0.2) is 0 Å². The largest absolute Gasteiger partial charge is 0.366 e. The topological polar surface area (TPSA) is 41.6 Å². The number of halogens is 1. The first-order valence-corrected chi connectivity index (χ1v) is 5.12. The molecule has 1 saturated heterocycles. The Balaban J connectivity index is 0.00000225. The van der Waals surface area contributed by atoms with Crippen molar-refractivity contribution in [2.45, 2.75) is 6.10 Å². The second-order valence-corrected chi connectivity index (χ2v) is 3.38. The highest BCUT2D eigenvalue weighted by Gasteiger charge is 2.25. The van der Waals surface area contributed by atoms with Gasteiger partial charge in [0, 0.05) is 26.2 Å². The van der Waals surface area contributed by atoms with Crippen LogP contribution >= 0.6 is 12.4 Å². The molecular formula is C11H19ClN2O2. The van der Waals surface area contributed by atoms with Gasteiger partial charge in [-0.3, -0.25) is 4.79 Å². The molecule has 0 spiro atoms. The number of rotatable bonds is 5. The summed E-state index contributed by atoms with van der Waals surface area (Å²) < 4.78 is 5.39. The predicted octanol–water partition coefficient (Wildman–Crippen LogP) is 0.597. The van der Waals surface area contributed by atoms with Gasteiger partial charge < -0.3 is 15.0 Å². The van der Waals surface area contributed by atoms with Gasteiger partial charge in [-0.1, -0.05) is 12.2 Å². The van der Waals surface area contributed by atoms with Gasteiger partial charge in [0.05, 0.1) is 6.61 Å². The molecule has 1 heterocycles. The summed E-state index contributed by atoms with van der Waals surface area (Å²) >= 11 is 0. The molecule has 5 heteroatoms. The van der Waals surface area contributed by atoms with E-state index in [1.165, 1.54) is 0 Å². The Kier molecular flexibility index (Phi) is 7.89. The third-order valence-electron chi connectivity index (χ3n) is 2.21. The van der Waals surface area contributed by atoms with Crippen LogP contribution in [0.3, 0.4) is 0 Å². The van der Waals surface area contributed by atoms with E-state index < -0.39 is 0 Å². The lowest BCUT2D eigenvalue weighted by molar-refractivity contribution is -0.144. The van der Waals surface area contributed by atoms with Gasteiger partial charge in [-0.05, 0) is 0 Å². The molecule has 1 aliphatic rings. The van der Waals surface area contributed by atoms with Gasteiger partial charge in [-0.2, -0.15) is 0 Å². The summed E-state index contributed by atoms with van der Waals surface area (Å²) in [5.74, 6) is 0.00185. The van der Waals surface area contributed by atoms with Gasteiger partial charge >= 0.3 is 0 Å². The molecule has 0 aromatic heterocycles. The lowest BCUT2D eigenvalue weighted by atomic mass is 10.2. The maximum atomic E-state index is 11.9. The lowest BCUT2D eigenvalue weighted by Gasteiger charge is -2.28. The van der Waals surface area contributed by atoms with Crippen molar-refractivity contribution >= 4 is 18.3 Å². The summed E-state index contributed by atoms with van der Waals surface area (Å²) in [5.41, 5.74) is 0. The fourth-order valence-corrected chi connectivity index (χ4v) is 1.49. The zero-order chi connectivity index (χ0) is 11.1. The first-order valence-electron chi connectivity index (χ1n) is 5.12. The number of ether oxygens (including phenoxy) is 1. The molecule has 1 amide bonds. The van der Waals surface area contributed by atoms with Crippen LogP contribution in [0.2, 0.25) is 0 Å². The van der Waals surface area contributed by atoms with E-state index in [4.69, 9.17) is 4.74 Å². The van der Waals surface area contributed by atoms with Gasteiger partial charge in [0.1, 0.15) is 6.10 Å². The average Bonchev–Trinajstić information content (AvgIpc) is 2.29. The minimum absolute atomic E-state index is 0. The molecule has 0 aromatic carbocycles. The van der Waals surface area contributed by atoms with Crippen molar-refractivity contribution in [2.75, 3.05) is 32.8 Å². The summed E-state index contributed by atoms with van der Waals surface area (Å²) in [6.45, 7) is 10.3. The van der Waals surface area contributed by atoms with Crippen LogP contribution in [-0.4, -0.2) is 49.7 Å². The summed E-state index contributed by atoms with van der Waals surface area (Å²) in [5, 5.41) is 3.13. The minimum Gasteiger partial charge on any atom is -0.366 e. The van der Waals surface area contributed by atoms with Gasteiger partial charge in [0.15, 0.2) is 0 Å². The molecule has 92 valence electrons. The van der Waals surface area contributed by atoms with E-state index in [0.717, 1.165) is 6.54 Å². The number of nitrogens with one attached hydrogen (secondary N) is 1. The Morgan fingerprint density at radius 3 is 2.50 bits per heavy atom. The quantitative estimate of drug-likeness (QED) is 0.723. The Hall–Kier alpha value is -0.840. The molecule has 4 nitrogen and oxygen atoms in total. The molecule has 1 rings (SSSR count). The second-order valence-electron chi connectivity index (χ2n) is 3.38. The number of carbonyl (C=O) groups is 1. The third kappa shape index (κ3) is 4.35. The van der Waals surface area contributed by atoms with Gasteiger partial charge in [-0.15, -0.1) is 25.6 Å². The van der Waals surface area contributed by atoms with Crippen LogP contribution in [0, 0.1) is 0 Å². The average molecular weight is 247 g/mol. The SMILES string of the molecule is C=CCN(CC=C)C(=O)C1CNCCO1.Cl. The number of morpholine rings is 1. The number of nitrogens with zero attached hydrogens (tertiary/aromatic N) is 1. The van der Waals surface area contributed by atoms with Crippen LogP contribution in [0.15, 0.2) is 25.3 Å². The first-order chi connectivity index (χ1) is 7.29. The van der Waals surface area contributed by atoms with Crippen molar-refractivity contribution in [3.63, 3.8) is 0 Å². The van der Waals surface area contributed by atoms with Crippen LogP contribution in [0.1, 0.15) is 0 Å². The van der Waals surface area contributed by atoms with E-state index in [2.05, 4.69) is 18.5 Å². The maximum absolute atomic E-state index is 11.9. The van der Waals surface area contributed by atoms with Crippen molar-refractivity contribution < 1.29 is 9.53 Å². The van der Waals surface area contributed by atoms with Crippen molar-refractivity contribution in [1.29, 1.82) is 0 Å². The standard InChI is InChI=1S/C11H18N2O2.ClH/c1-3-6-13(7-4-2)11(14)10-9-12-5-8-15-10;/h3-4,10,12H,1-2,5-9H2;1H. The summed E-state index contributed by atoms with van der Waals surface area (Å²) in [6.07, 6.45) is 3.05. The maximum Gasteiger partial charge on any atom is 0.253 e. The molecule has 16 heavy (non-hydrogen) atoms. The Morgan fingerprint density at radius 1 is 1.44 bits per heavy atom. The number of hydrogen-bond donors (Lipinski definition) is 1. The molecule has 1 unspecified atom stereocenters. The van der Waals surface area contributed by atoms with Crippen molar-refractivity contribution in [1.82, 2.24) is 10.2 Å². The van der Waals surface area contributed by atoms with Gasteiger partial charge in [0.25, 0.3) is 5.91 Å². The molecule has 1 atom stereocenters. The number of hydrogen-bond acceptors (Lipinski definition) is 3. The van der Waals surface area contributed by atoms with E-state index in [9.17, 15) is 4.79 Å². The van der Waals surface area contributed by atoms with E-state index in [1.807, 2.05) is 0 Å². The molecule has 1 fully saturated rings. The zero-order valence-corrected chi connectivity index (χ0v) is 10.2. The van der Waals surface area contributed by atoms with Crippen molar-refractivity contribution in [3.05, 3.63) is 25.3 Å². The predicted molar refractivity (Wildman–Crippen MR) is 66.8 cm³/mol. The Morgan fingerprint density at radius 2 is 2.06 bits per heavy atom. The minimum atomic E-state index is -0.362. The first kappa shape index (κ1) is 15.2. The highest BCUT2D eigenvalue weighted by atomic mass is 35.5. The second kappa shape index (κ2) is 8.33. The summed E-state index contributed by atoms with van der Waals surface area (Å²) in [6, 6.07) is 0. The van der Waals surface area contributed by atoms with E-state index in [-0.39, 0.29) is 24.4 Å².